The van der Waals surface area contributed by atoms with Crippen LogP contribution in [0.3, 0.4) is 0 Å². The molecule has 0 spiro atoms. The highest BCUT2D eigenvalue weighted by Crippen LogP contribution is 2.06. The summed E-state index contributed by atoms with van der Waals surface area (Å²) in [5.74, 6) is -1.44. The van der Waals surface area contributed by atoms with E-state index in [-0.39, 0.29) is 6.42 Å². The van der Waals surface area contributed by atoms with Gasteiger partial charge in [-0.2, -0.15) is 0 Å². The number of hydrogen-bond acceptors (Lipinski definition) is 3. The monoisotopic (exact) mass is 309 g/mol. The molecule has 0 saturated heterocycles. The molecule has 23 heavy (non-hydrogen) atoms. The Balaban J connectivity index is 1.80. The largest absolute Gasteiger partial charge is 0.504 e. The molecule has 1 amide bonds. The summed E-state index contributed by atoms with van der Waals surface area (Å²) in [4.78, 5) is 23.5. The molecule has 4 heteroatoms. The van der Waals surface area contributed by atoms with Gasteiger partial charge in [0.1, 0.15) is 0 Å². The summed E-state index contributed by atoms with van der Waals surface area (Å²) in [6.45, 7) is 0.349. The van der Waals surface area contributed by atoms with Gasteiger partial charge < -0.3 is 10.4 Å². The van der Waals surface area contributed by atoms with E-state index in [0.29, 0.717) is 13.0 Å². The fourth-order valence-corrected chi connectivity index (χ4v) is 2.07. The van der Waals surface area contributed by atoms with Gasteiger partial charge in [0, 0.05) is 19.0 Å². The lowest BCUT2D eigenvalue weighted by molar-refractivity contribution is -0.120. The van der Waals surface area contributed by atoms with Crippen molar-refractivity contribution in [2.75, 3.05) is 0 Å². The van der Waals surface area contributed by atoms with Crippen LogP contribution in [0.4, 0.5) is 0 Å². The van der Waals surface area contributed by atoms with E-state index >= 15 is 0 Å². The minimum atomic E-state index is -0.508. The number of nitrogens with one attached hydrogen (secondary N) is 1. The smallest absolute Gasteiger partial charge is 0.248 e. The van der Waals surface area contributed by atoms with E-state index in [9.17, 15) is 14.7 Å². The number of ketones is 1. The Hall–Kier alpha value is -2.88. The minimum Gasteiger partial charge on any atom is -0.504 e. The van der Waals surface area contributed by atoms with Crippen molar-refractivity contribution in [1.82, 2.24) is 5.32 Å². The third-order valence-electron chi connectivity index (χ3n) is 3.35. The average Bonchev–Trinajstić information content (AvgIpc) is 2.59. The van der Waals surface area contributed by atoms with Crippen LogP contribution in [0.15, 0.2) is 72.5 Å². The van der Waals surface area contributed by atoms with Gasteiger partial charge in [-0.15, -0.1) is 0 Å². The maximum Gasteiger partial charge on any atom is 0.248 e. The van der Waals surface area contributed by atoms with Gasteiger partial charge >= 0.3 is 0 Å². The van der Waals surface area contributed by atoms with Crippen LogP contribution in [-0.4, -0.2) is 16.8 Å². The van der Waals surface area contributed by atoms with E-state index in [1.165, 1.54) is 0 Å². The SMILES string of the molecule is O=C(/C=C(\O)C(=O)CCc1ccccc1)NCc1ccccc1. The van der Waals surface area contributed by atoms with Crippen LogP contribution < -0.4 is 5.32 Å². The number of allylic oxidation sites excluding steroid dienone is 1. The van der Waals surface area contributed by atoms with Crippen LogP contribution in [0.2, 0.25) is 0 Å². The molecule has 0 bridgehead atoms. The molecule has 0 atom stereocenters. The molecular weight excluding hydrogens is 290 g/mol. The predicted octanol–water partition coefficient (Wildman–Crippen LogP) is 2.95. The van der Waals surface area contributed by atoms with Crippen LogP contribution in [0.5, 0.6) is 0 Å². The number of aliphatic hydroxyl groups excluding tert-OH is 1. The number of hydrogen-bond donors (Lipinski definition) is 2. The number of carbonyl (C=O) groups excluding carboxylic acids is 2. The van der Waals surface area contributed by atoms with E-state index in [2.05, 4.69) is 5.32 Å². The Morgan fingerprint density at radius 2 is 1.48 bits per heavy atom. The number of benzene rings is 2. The molecule has 0 aromatic heterocycles. The fourth-order valence-electron chi connectivity index (χ4n) is 2.07. The van der Waals surface area contributed by atoms with Crippen molar-refractivity contribution in [2.24, 2.45) is 0 Å². The molecule has 2 aromatic carbocycles. The van der Waals surface area contributed by atoms with Crippen LogP contribution in [-0.2, 0) is 22.6 Å². The Morgan fingerprint density at radius 1 is 0.913 bits per heavy atom. The second-order valence-electron chi connectivity index (χ2n) is 5.14. The van der Waals surface area contributed by atoms with E-state index in [4.69, 9.17) is 0 Å². The lowest BCUT2D eigenvalue weighted by atomic mass is 10.1. The molecule has 2 rings (SSSR count). The molecular formula is C19H19NO3. The molecule has 0 aliphatic heterocycles. The first-order chi connectivity index (χ1) is 11.1. The number of rotatable bonds is 7. The highest BCUT2D eigenvalue weighted by Gasteiger charge is 2.10. The zero-order chi connectivity index (χ0) is 16.5. The standard InChI is InChI=1S/C19H19NO3/c21-17(12-11-15-7-3-1-4-8-15)18(22)13-19(23)20-14-16-9-5-2-6-10-16/h1-10,13,22H,11-12,14H2,(H,20,23)/b18-13-. The zero-order valence-electron chi connectivity index (χ0n) is 12.7. The van der Waals surface area contributed by atoms with E-state index < -0.39 is 17.4 Å². The van der Waals surface area contributed by atoms with Crippen molar-refractivity contribution >= 4 is 11.7 Å². The Kier molecular flexibility index (Phi) is 6.12. The first kappa shape index (κ1) is 16.5. The molecule has 0 radical (unpaired) electrons. The second kappa shape index (κ2) is 8.54. The molecule has 0 unspecified atom stereocenters. The molecule has 118 valence electrons. The predicted molar refractivity (Wildman–Crippen MR) is 88.8 cm³/mol. The Morgan fingerprint density at radius 3 is 2.09 bits per heavy atom. The van der Waals surface area contributed by atoms with Crippen LogP contribution >= 0.6 is 0 Å². The molecule has 2 N–H and O–H groups in total. The van der Waals surface area contributed by atoms with Crippen molar-refractivity contribution in [3.05, 3.63) is 83.6 Å². The lowest BCUT2D eigenvalue weighted by Gasteiger charge is -2.03. The first-order valence-corrected chi connectivity index (χ1v) is 7.44. The van der Waals surface area contributed by atoms with Gasteiger partial charge in [0.15, 0.2) is 11.5 Å². The van der Waals surface area contributed by atoms with Gasteiger partial charge in [-0.05, 0) is 17.5 Å². The second-order valence-corrected chi connectivity index (χ2v) is 5.14. The Labute approximate surface area is 135 Å². The van der Waals surface area contributed by atoms with Crippen LogP contribution in [0.1, 0.15) is 17.5 Å². The molecule has 0 saturated carbocycles. The number of Topliss-reactive ketones (excluding diaryl/α,β-unsaturated/α-hetero) is 1. The van der Waals surface area contributed by atoms with Crippen LogP contribution in [0.25, 0.3) is 0 Å². The van der Waals surface area contributed by atoms with Crippen molar-refractivity contribution in [2.45, 2.75) is 19.4 Å². The summed E-state index contributed by atoms with van der Waals surface area (Å²) in [6, 6.07) is 18.9. The van der Waals surface area contributed by atoms with E-state index in [1.807, 2.05) is 60.7 Å². The third kappa shape index (κ3) is 5.79. The average molecular weight is 309 g/mol. The lowest BCUT2D eigenvalue weighted by Crippen LogP contribution is -2.21. The van der Waals surface area contributed by atoms with Crippen molar-refractivity contribution < 1.29 is 14.7 Å². The molecule has 0 aliphatic carbocycles. The van der Waals surface area contributed by atoms with Crippen molar-refractivity contribution in [3.63, 3.8) is 0 Å². The van der Waals surface area contributed by atoms with Crippen molar-refractivity contribution in [3.8, 4) is 0 Å². The summed E-state index contributed by atoms with van der Waals surface area (Å²) < 4.78 is 0. The summed E-state index contributed by atoms with van der Waals surface area (Å²) in [7, 11) is 0. The van der Waals surface area contributed by atoms with Gasteiger partial charge in [-0.1, -0.05) is 60.7 Å². The summed E-state index contributed by atoms with van der Waals surface area (Å²) >= 11 is 0. The fraction of sp³-hybridized carbons (Fsp3) is 0.158. The topological polar surface area (TPSA) is 66.4 Å². The number of aryl methyl sites for hydroxylation is 1. The van der Waals surface area contributed by atoms with Gasteiger partial charge in [0.05, 0.1) is 0 Å². The van der Waals surface area contributed by atoms with Gasteiger partial charge in [-0.25, -0.2) is 0 Å². The maximum atomic E-state index is 11.8. The number of amides is 1. The summed E-state index contributed by atoms with van der Waals surface area (Å²) in [6.07, 6.45) is 1.64. The number of carbonyl (C=O) groups is 2. The third-order valence-corrected chi connectivity index (χ3v) is 3.35. The highest BCUT2D eigenvalue weighted by atomic mass is 16.3. The quantitative estimate of drug-likeness (QED) is 0.610. The van der Waals surface area contributed by atoms with Crippen LogP contribution in [0, 0.1) is 0 Å². The molecule has 4 nitrogen and oxygen atoms in total. The highest BCUT2D eigenvalue weighted by molar-refractivity contribution is 6.00. The Bertz CT molecular complexity index is 678. The van der Waals surface area contributed by atoms with Crippen molar-refractivity contribution in [1.29, 1.82) is 0 Å². The number of aliphatic hydroxyl groups is 1. The van der Waals surface area contributed by atoms with Gasteiger partial charge in [0.2, 0.25) is 5.91 Å². The zero-order valence-corrected chi connectivity index (χ0v) is 12.7. The van der Waals surface area contributed by atoms with E-state index in [1.54, 1.807) is 0 Å². The molecule has 0 aliphatic rings. The van der Waals surface area contributed by atoms with Gasteiger partial charge in [0.25, 0.3) is 0 Å². The normalized spacial score (nSPS) is 11.0. The molecule has 0 heterocycles. The maximum absolute atomic E-state index is 11.8. The minimum absolute atomic E-state index is 0.165. The molecule has 0 fully saturated rings. The molecule has 2 aromatic rings. The van der Waals surface area contributed by atoms with Gasteiger partial charge in [-0.3, -0.25) is 9.59 Å². The first-order valence-electron chi connectivity index (χ1n) is 7.44. The summed E-state index contributed by atoms with van der Waals surface area (Å²) in [5.41, 5.74) is 1.96. The summed E-state index contributed by atoms with van der Waals surface area (Å²) in [5, 5.41) is 12.3. The van der Waals surface area contributed by atoms with E-state index in [0.717, 1.165) is 17.2 Å².